The van der Waals surface area contributed by atoms with Gasteiger partial charge in [0.1, 0.15) is 18.0 Å². The van der Waals surface area contributed by atoms with Crippen molar-refractivity contribution < 1.29 is 9.66 Å². The number of nitro benzene ring substituents is 1. The minimum absolute atomic E-state index is 0.0984. The molecule has 7 nitrogen and oxygen atoms in total. The maximum Gasteiger partial charge on any atom is 0.292 e. The molecule has 0 fully saturated rings. The molecule has 2 rings (SSSR count). The number of anilines is 3. The summed E-state index contributed by atoms with van der Waals surface area (Å²) in [5.41, 5.74) is 12.6. The van der Waals surface area contributed by atoms with Crippen molar-refractivity contribution in [3.05, 3.63) is 52.6 Å². The predicted molar refractivity (Wildman–Crippen MR) is 82.3 cm³/mol. The van der Waals surface area contributed by atoms with Gasteiger partial charge in [-0.25, -0.2) is 0 Å². The second-order valence-electron chi connectivity index (χ2n) is 4.37. The molecule has 110 valence electrons. The van der Waals surface area contributed by atoms with Crippen LogP contribution in [0, 0.1) is 10.1 Å². The van der Waals surface area contributed by atoms with Crippen molar-refractivity contribution in [1.82, 2.24) is 0 Å². The highest BCUT2D eigenvalue weighted by Gasteiger charge is 2.10. The molecule has 0 aliphatic rings. The number of nitrogens with one attached hydrogen (secondary N) is 1. The van der Waals surface area contributed by atoms with E-state index < -0.39 is 4.92 Å². The first-order valence-corrected chi connectivity index (χ1v) is 6.32. The zero-order valence-corrected chi connectivity index (χ0v) is 11.3. The van der Waals surface area contributed by atoms with E-state index in [1.807, 2.05) is 0 Å². The maximum atomic E-state index is 10.7. The molecule has 0 heterocycles. The number of ether oxygens (including phenoxy) is 1. The molecule has 0 aliphatic heterocycles. The molecule has 2 aromatic rings. The van der Waals surface area contributed by atoms with Gasteiger partial charge in [-0.05, 0) is 36.4 Å². The average Bonchev–Trinajstić information content (AvgIpc) is 2.45. The van der Waals surface area contributed by atoms with E-state index in [-0.39, 0.29) is 11.4 Å². The number of benzene rings is 2. The van der Waals surface area contributed by atoms with Gasteiger partial charge in [-0.15, -0.1) is 0 Å². The van der Waals surface area contributed by atoms with Crippen LogP contribution < -0.4 is 21.5 Å². The number of hydrogen-bond acceptors (Lipinski definition) is 6. The molecule has 0 bridgehead atoms. The molecule has 0 unspecified atom stereocenters. The zero-order chi connectivity index (χ0) is 15.2. The van der Waals surface area contributed by atoms with Gasteiger partial charge in [0.2, 0.25) is 0 Å². The summed E-state index contributed by atoms with van der Waals surface area (Å²) in [5, 5.41) is 13.7. The lowest BCUT2D eigenvalue weighted by Crippen LogP contribution is -2.11. The van der Waals surface area contributed by atoms with Gasteiger partial charge in [0.15, 0.2) is 0 Å². The van der Waals surface area contributed by atoms with E-state index in [0.717, 1.165) is 5.75 Å². The van der Waals surface area contributed by atoms with Gasteiger partial charge >= 0.3 is 0 Å². The second kappa shape index (κ2) is 6.47. The Kier molecular flexibility index (Phi) is 4.45. The van der Waals surface area contributed by atoms with Gasteiger partial charge in [-0.1, -0.05) is 0 Å². The smallest absolute Gasteiger partial charge is 0.292 e. The van der Waals surface area contributed by atoms with Gasteiger partial charge in [0.05, 0.1) is 4.92 Å². The lowest BCUT2D eigenvalue weighted by Gasteiger charge is -2.09. The van der Waals surface area contributed by atoms with E-state index in [4.69, 9.17) is 16.2 Å². The Morgan fingerprint density at radius 1 is 1.14 bits per heavy atom. The van der Waals surface area contributed by atoms with Crippen molar-refractivity contribution in [3.8, 4) is 5.75 Å². The molecule has 0 aliphatic carbocycles. The van der Waals surface area contributed by atoms with Crippen LogP contribution in [-0.2, 0) is 0 Å². The Labute approximate surface area is 121 Å². The Morgan fingerprint density at radius 3 is 2.48 bits per heavy atom. The number of rotatable bonds is 6. The van der Waals surface area contributed by atoms with E-state index in [1.54, 1.807) is 30.3 Å². The summed E-state index contributed by atoms with van der Waals surface area (Å²) in [7, 11) is 0. The summed E-state index contributed by atoms with van der Waals surface area (Å²) in [4.78, 5) is 10.1. The van der Waals surface area contributed by atoms with Crippen LogP contribution in [0.15, 0.2) is 42.5 Å². The molecule has 0 amide bonds. The highest BCUT2D eigenvalue weighted by Crippen LogP contribution is 2.24. The fraction of sp³-hybridized carbons (Fsp3) is 0.143. The van der Waals surface area contributed by atoms with E-state index >= 15 is 0 Å². The minimum atomic E-state index is -0.511. The Morgan fingerprint density at radius 2 is 1.86 bits per heavy atom. The molecule has 7 heteroatoms. The normalized spacial score (nSPS) is 10.1. The van der Waals surface area contributed by atoms with Gasteiger partial charge in [-0.2, -0.15) is 0 Å². The third-order valence-corrected chi connectivity index (χ3v) is 2.80. The van der Waals surface area contributed by atoms with Crippen molar-refractivity contribution in [2.75, 3.05) is 29.9 Å². The molecule has 0 saturated heterocycles. The lowest BCUT2D eigenvalue weighted by molar-refractivity contribution is -0.383. The third-order valence-electron chi connectivity index (χ3n) is 2.80. The Balaban J connectivity index is 1.82. The van der Waals surface area contributed by atoms with Crippen LogP contribution >= 0.6 is 0 Å². The first-order valence-electron chi connectivity index (χ1n) is 6.32. The monoisotopic (exact) mass is 288 g/mol. The zero-order valence-electron chi connectivity index (χ0n) is 11.3. The minimum Gasteiger partial charge on any atom is -0.492 e. The molecule has 0 aromatic heterocycles. The first kappa shape index (κ1) is 14.4. The standard InChI is InChI=1S/C14H16N4O3/c15-10-1-4-12(5-2-10)21-8-7-17-11-3-6-14(18(19)20)13(16)9-11/h1-6,9,17H,7-8,15-16H2. The summed E-state index contributed by atoms with van der Waals surface area (Å²) >= 11 is 0. The maximum absolute atomic E-state index is 10.7. The van der Waals surface area contributed by atoms with Gasteiger partial charge in [-0.3, -0.25) is 10.1 Å². The fourth-order valence-corrected chi connectivity index (χ4v) is 1.76. The van der Waals surface area contributed by atoms with Crippen LogP contribution in [0.2, 0.25) is 0 Å². The highest BCUT2D eigenvalue weighted by molar-refractivity contribution is 5.65. The molecule has 21 heavy (non-hydrogen) atoms. The largest absolute Gasteiger partial charge is 0.492 e. The van der Waals surface area contributed by atoms with Crippen molar-refractivity contribution >= 4 is 22.7 Å². The van der Waals surface area contributed by atoms with Crippen LogP contribution in [0.5, 0.6) is 5.75 Å². The molecule has 0 radical (unpaired) electrons. The Bertz CT molecular complexity index is 629. The summed E-state index contributed by atoms with van der Waals surface area (Å²) in [6.45, 7) is 0.989. The summed E-state index contributed by atoms with van der Waals surface area (Å²) < 4.78 is 5.52. The van der Waals surface area contributed by atoms with Crippen molar-refractivity contribution in [1.29, 1.82) is 0 Å². The highest BCUT2D eigenvalue weighted by atomic mass is 16.6. The molecule has 0 saturated carbocycles. The number of nitrogens with two attached hydrogens (primary N) is 2. The first-order chi connectivity index (χ1) is 10.1. The fourth-order valence-electron chi connectivity index (χ4n) is 1.76. The SMILES string of the molecule is Nc1ccc(OCCNc2ccc([N+](=O)[O-])c(N)c2)cc1. The van der Waals surface area contributed by atoms with Crippen molar-refractivity contribution in [2.45, 2.75) is 0 Å². The van der Waals surface area contributed by atoms with Gasteiger partial charge in [0, 0.05) is 24.0 Å². The summed E-state index contributed by atoms with van der Waals surface area (Å²) in [6.07, 6.45) is 0. The van der Waals surface area contributed by atoms with Crippen molar-refractivity contribution in [3.63, 3.8) is 0 Å². The van der Waals surface area contributed by atoms with E-state index in [0.29, 0.717) is 24.5 Å². The van der Waals surface area contributed by atoms with E-state index in [9.17, 15) is 10.1 Å². The number of nitrogen functional groups attached to an aromatic ring is 2. The molecular formula is C14H16N4O3. The predicted octanol–water partition coefficient (Wildman–Crippen LogP) is 2.25. The third kappa shape index (κ3) is 4.00. The summed E-state index contributed by atoms with van der Waals surface area (Å²) in [5.74, 6) is 0.731. The number of nitro groups is 1. The topological polar surface area (TPSA) is 116 Å². The second-order valence-corrected chi connectivity index (χ2v) is 4.37. The molecule has 0 spiro atoms. The van der Waals surface area contributed by atoms with Gasteiger partial charge in [0.25, 0.3) is 5.69 Å². The molecule has 2 aromatic carbocycles. The molecule has 0 atom stereocenters. The van der Waals surface area contributed by atoms with Crippen LogP contribution in [0.4, 0.5) is 22.7 Å². The van der Waals surface area contributed by atoms with Crippen molar-refractivity contribution in [2.24, 2.45) is 0 Å². The number of nitrogens with zero attached hydrogens (tertiary/aromatic N) is 1. The molecule has 5 N–H and O–H groups in total. The van der Waals surface area contributed by atoms with E-state index in [1.165, 1.54) is 12.1 Å². The van der Waals surface area contributed by atoms with Crippen LogP contribution in [-0.4, -0.2) is 18.1 Å². The number of hydrogen-bond donors (Lipinski definition) is 3. The molecular weight excluding hydrogens is 272 g/mol. The van der Waals surface area contributed by atoms with Crippen LogP contribution in [0.3, 0.4) is 0 Å². The quantitative estimate of drug-likeness (QED) is 0.325. The van der Waals surface area contributed by atoms with Crippen LogP contribution in [0.25, 0.3) is 0 Å². The van der Waals surface area contributed by atoms with E-state index in [2.05, 4.69) is 5.32 Å². The summed E-state index contributed by atoms with van der Waals surface area (Å²) in [6, 6.07) is 11.6. The Hall–Kier alpha value is -2.96. The van der Waals surface area contributed by atoms with Gasteiger partial charge < -0.3 is 21.5 Å². The van der Waals surface area contributed by atoms with Crippen LogP contribution in [0.1, 0.15) is 0 Å². The average molecular weight is 288 g/mol. The lowest BCUT2D eigenvalue weighted by atomic mass is 10.2.